The van der Waals surface area contributed by atoms with Gasteiger partial charge in [0.25, 0.3) is 0 Å². The van der Waals surface area contributed by atoms with Gasteiger partial charge in [0, 0.05) is 11.6 Å². The number of nitrogens with one attached hydrogen (secondary N) is 2. The molecule has 100 valence electrons. The monoisotopic (exact) mass is 288 g/mol. The van der Waals surface area contributed by atoms with Gasteiger partial charge in [-0.2, -0.15) is 0 Å². The lowest BCUT2D eigenvalue weighted by atomic mass is 10.1. The summed E-state index contributed by atoms with van der Waals surface area (Å²) in [6.07, 6.45) is 1.58. The third kappa shape index (κ3) is 4.84. The molecular weight excluding hydrogens is 271 g/mol. The van der Waals surface area contributed by atoms with Crippen molar-refractivity contribution < 1.29 is 4.79 Å². The molecule has 3 nitrogen and oxygen atoms in total. The molecular formula is C13H18Cl2N2O. The van der Waals surface area contributed by atoms with Gasteiger partial charge >= 0.3 is 0 Å². The first-order valence-electron chi connectivity index (χ1n) is 5.96. The molecule has 1 atom stereocenters. The van der Waals surface area contributed by atoms with Gasteiger partial charge < -0.3 is 10.6 Å². The van der Waals surface area contributed by atoms with Crippen molar-refractivity contribution >= 4 is 29.9 Å². The second kappa shape index (κ2) is 7.62. The quantitative estimate of drug-likeness (QED) is 0.890. The SMILES string of the molecule is Cl.O=C(Cc1ccc(Cl)cc1)NCC1CCNC1. The second-order valence-electron chi connectivity index (χ2n) is 4.47. The molecule has 1 aromatic rings. The number of carbonyl (C=O) groups is 1. The van der Waals surface area contributed by atoms with Gasteiger partial charge in [0.15, 0.2) is 0 Å². The molecule has 0 bridgehead atoms. The van der Waals surface area contributed by atoms with E-state index in [4.69, 9.17) is 11.6 Å². The van der Waals surface area contributed by atoms with Crippen molar-refractivity contribution in [3.8, 4) is 0 Å². The molecule has 0 saturated carbocycles. The van der Waals surface area contributed by atoms with E-state index in [2.05, 4.69) is 10.6 Å². The Bertz CT molecular complexity index is 375. The minimum absolute atomic E-state index is 0. The summed E-state index contributed by atoms with van der Waals surface area (Å²) in [5.41, 5.74) is 0.997. The van der Waals surface area contributed by atoms with Crippen LogP contribution in [-0.2, 0) is 11.2 Å². The maximum atomic E-state index is 11.7. The number of hydrogen-bond donors (Lipinski definition) is 2. The Labute approximate surface area is 119 Å². The van der Waals surface area contributed by atoms with Gasteiger partial charge in [-0.1, -0.05) is 23.7 Å². The maximum absolute atomic E-state index is 11.7. The average molecular weight is 289 g/mol. The van der Waals surface area contributed by atoms with E-state index < -0.39 is 0 Å². The Morgan fingerprint density at radius 1 is 1.39 bits per heavy atom. The Hall–Kier alpha value is -0.770. The Balaban J connectivity index is 0.00000162. The summed E-state index contributed by atoms with van der Waals surface area (Å²) in [4.78, 5) is 11.7. The van der Waals surface area contributed by atoms with Crippen molar-refractivity contribution in [2.45, 2.75) is 12.8 Å². The highest BCUT2D eigenvalue weighted by Gasteiger charge is 2.14. The van der Waals surface area contributed by atoms with Gasteiger partial charge in [-0.05, 0) is 43.1 Å². The number of benzene rings is 1. The highest BCUT2D eigenvalue weighted by atomic mass is 35.5. The summed E-state index contributed by atoms with van der Waals surface area (Å²) < 4.78 is 0. The summed E-state index contributed by atoms with van der Waals surface area (Å²) in [7, 11) is 0. The first-order chi connectivity index (χ1) is 8.24. The summed E-state index contributed by atoms with van der Waals surface area (Å²) in [5, 5.41) is 6.96. The van der Waals surface area contributed by atoms with E-state index in [-0.39, 0.29) is 18.3 Å². The number of carbonyl (C=O) groups excluding carboxylic acids is 1. The molecule has 1 heterocycles. The molecule has 1 saturated heterocycles. The first kappa shape index (κ1) is 15.3. The van der Waals surface area contributed by atoms with Crippen molar-refractivity contribution in [3.63, 3.8) is 0 Å². The lowest BCUT2D eigenvalue weighted by Crippen LogP contribution is -2.31. The van der Waals surface area contributed by atoms with E-state index in [1.165, 1.54) is 0 Å². The van der Waals surface area contributed by atoms with E-state index in [1.807, 2.05) is 24.3 Å². The van der Waals surface area contributed by atoms with E-state index in [9.17, 15) is 4.79 Å². The van der Waals surface area contributed by atoms with Crippen LogP contribution in [0.3, 0.4) is 0 Å². The van der Waals surface area contributed by atoms with Crippen molar-refractivity contribution in [3.05, 3.63) is 34.9 Å². The minimum Gasteiger partial charge on any atom is -0.355 e. The largest absolute Gasteiger partial charge is 0.355 e. The summed E-state index contributed by atoms with van der Waals surface area (Å²) in [6, 6.07) is 7.40. The van der Waals surface area contributed by atoms with Crippen LogP contribution in [0.25, 0.3) is 0 Å². The molecule has 0 spiro atoms. The number of rotatable bonds is 4. The van der Waals surface area contributed by atoms with Crippen LogP contribution in [0.4, 0.5) is 0 Å². The maximum Gasteiger partial charge on any atom is 0.224 e. The van der Waals surface area contributed by atoms with Gasteiger partial charge in [0.2, 0.25) is 5.91 Å². The van der Waals surface area contributed by atoms with Gasteiger partial charge in [0.1, 0.15) is 0 Å². The molecule has 1 aromatic carbocycles. The zero-order valence-electron chi connectivity index (χ0n) is 10.1. The zero-order valence-corrected chi connectivity index (χ0v) is 11.7. The summed E-state index contributed by atoms with van der Waals surface area (Å²) >= 11 is 5.79. The molecule has 0 aliphatic carbocycles. The van der Waals surface area contributed by atoms with E-state index in [0.717, 1.165) is 31.6 Å². The summed E-state index contributed by atoms with van der Waals surface area (Å²) in [6.45, 7) is 2.86. The molecule has 18 heavy (non-hydrogen) atoms. The zero-order chi connectivity index (χ0) is 12.1. The van der Waals surface area contributed by atoms with Crippen LogP contribution in [0.15, 0.2) is 24.3 Å². The standard InChI is InChI=1S/C13H17ClN2O.ClH/c14-12-3-1-10(2-4-12)7-13(17)16-9-11-5-6-15-8-11;/h1-4,11,15H,5-9H2,(H,16,17);1H. The summed E-state index contributed by atoms with van der Waals surface area (Å²) in [5.74, 6) is 0.670. The Morgan fingerprint density at radius 2 is 2.11 bits per heavy atom. The Kier molecular flexibility index (Phi) is 6.47. The minimum atomic E-state index is 0. The second-order valence-corrected chi connectivity index (χ2v) is 4.90. The fourth-order valence-corrected chi connectivity index (χ4v) is 2.12. The molecule has 0 radical (unpaired) electrons. The van der Waals surface area contributed by atoms with Crippen LogP contribution in [-0.4, -0.2) is 25.5 Å². The van der Waals surface area contributed by atoms with Crippen LogP contribution in [0, 0.1) is 5.92 Å². The highest BCUT2D eigenvalue weighted by Crippen LogP contribution is 2.10. The molecule has 1 fully saturated rings. The molecule has 5 heteroatoms. The lowest BCUT2D eigenvalue weighted by molar-refractivity contribution is -0.120. The van der Waals surface area contributed by atoms with Crippen LogP contribution in [0.5, 0.6) is 0 Å². The third-order valence-electron chi connectivity index (χ3n) is 3.03. The first-order valence-corrected chi connectivity index (χ1v) is 6.33. The number of hydrogen-bond acceptors (Lipinski definition) is 2. The van der Waals surface area contributed by atoms with Crippen molar-refractivity contribution in [2.24, 2.45) is 5.92 Å². The highest BCUT2D eigenvalue weighted by molar-refractivity contribution is 6.30. The lowest BCUT2D eigenvalue weighted by Gasteiger charge is -2.10. The van der Waals surface area contributed by atoms with Gasteiger partial charge in [-0.25, -0.2) is 0 Å². The fraction of sp³-hybridized carbons (Fsp3) is 0.462. The third-order valence-corrected chi connectivity index (χ3v) is 3.28. The molecule has 1 aliphatic rings. The smallest absolute Gasteiger partial charge is 0.224 e. The topological polar surface area (TPSA) is 41.1 Å². The molecule has 0 aromatic heterocycles. The number of amides is 1. The van der Waals surface area contributed by atoms with Crippen molar-refractivity contribution in [1.29, 1.82) is 0 Å². The predicted octanol–water partition coefficient (Wildman–Crippen LogP) is 2.03. The number of halogens is 2. The average Bonchev–Trinajstić information content (AvgIpc) is 2.83. The van der Waals surface area contributed by atoms with Gasteiger partial charge in [-0.15, -0.1) is 12.4 Å². The van der Waals surface area contributed by atoms with E-state index in [1.54, 1.807) is 0 Å². The molecule has 1 amide bonds. The van der Waals surface area contributed by atoms with Crippen LogP contribution in [0.1, 0.15) is 12.0 Å². The van der Waals surface area contributed by atoms with Crippen LogP contribution >= 0.6 is 24.0 Å². The normalized spacial score (nSPS) is 18.2. The van der Waals surface area contributed by atoms with Crippen molar-refractivity contribution in [1.82, 2.24) is 10.6 Å². The molecule has 1 aliphatic heterocycles. The van der Waals surface area contributed by atoms with E-state index >= 15 is 0 Å². The molecule has 2 N–H and O–H groups in total. The van der Waals surface area contributed by atoms with Crippen LogP contribution < -0.4 is 10.6 Å². The van der Waals surface area contributed by atoms with E-state index in [0.29, 0.717) is 17.4 Å². The molecule has 2 rings (SSSR count). The predicted molar refractivity (Wildman–Crippen MR) is 76.4 cm³/mol. The van der Waals surface area contributed by atoms with Gasteiger partial charge in [0.05, 0.1) is 6.42 Å². The molecule has 1 unspecified atom stereocenters. The van der Waals surface area contributed by atoms with Crippen LogP contribution in [0.2, 0.25) is 5.02 Å². The van der Waals surface area contributed by atoms with Gasteiger partial charge in [-0.3, -0.25) is 4.79 Å². The fourth-order valence-electron chi connectivity index (χ4n) is 2.00. The Morgan fingerprint density at radius 3 is 2.72 bits per heavy atom. The van der Waals surface area contributed by atoms with Crippen molar-refractivity contribution in [2.75, 3.05) is 19.6 Å².